The summed E-state index contributed by atoms with van der Waals surface area (Å²) < 4.78 is 11.1. The van der Waals surface area contributed by atoms with Gasteiger partial charge in [0.05, 0.1) is 6.61 Å². The summed E-state index contributed by atoms with van der Waals surface area (Å²) in [6.07, 6.45) is 2.15. The molecule has 0 radical (unpaired) electrons. The Balaban J connectivity index is 2.18. The molecule has 1 aromatic carbocycles. The third-order valence-electron chi connectivity index (χ3n) is 4.18. The molecule has 0 bridgehead atoms. The zero-order valence-electron chi connectivity index (χ0n) is 13.9. The molecule has 0 amide bonds. The summed E-state index contributed by atoms with van der Waals surface area (Å²) in [4.78, 5) is 0. The van der Waals surface area contributed by atoms with Gasteiger partial charge < -0.3 is 14.8 Å². The quantitative estimate of drug-likeness (QED) is 0.900. The topological polar surface area (TPSA) is 30.5 Å². The second-order valence-corrected chi connectivity index (χ2v) is 6.95. The molecule has 1 aromatic rings. The third-order valence-corrected chi connectivity index (χ3v) is 4.18. The zero-order chi connectivity index (χ0) is 15.3. The normalized spacial score (nSPS) is 18.5. The molecule has 0 aromatic heterocycles. The molecule has 118 valence electrons. The summed E-state index contributed by atoms with van der Waals surface area (Å²) in [5, 5.41) is 3.68. The van der Waals surface area contributed by atoms with Gasteiger partial charge in [0.25, 0.3) is 0 Å². The predicted octanol–water partition coefficient (Wildman–Crippen LogP) is 3.52. The van der Waals surface area contributed by atoms with E-state index in [1.54, 1.807) is 0 Å². The summed E-state index contributed by atoms with van der Waals surface area (Å²) in [6, 6.07) is 8.63. The van der Waals surface area contributed by atoms with Crippen LogP contribution in [0.3, 0.4) is 0 Å². The van der Waals surface area contributed by atoms with E-state index in [2.05, 4.69) is 50.4 Å². The van der Waals surface area contributed by atoms with E-state index >= 15 is 0 Å². The van der Waals surface area contributed by atoms with Gasteiger partial charge in [-0.2, -0.15) is 0 Å². The molecule has 1 saturated heterocycles. The lowest BCUT2D eigenvalue weighted by Gasteiger charge is -2.40. The van der Waals surface area contributed by atoms with Gasteiger partial charge in [-0.05, 0) is 58.2 Å². The molecule has 21 heavy (non-hydrogen) atoms. The van der Waals surface area contributed by atoms with E-state index in [4.69, 9.17) is 9.47 Å². The Kier molecular flexibility index (Phi) is 5.28. The molecule has 1 aliphatic heterocycles. The highest BCUT2D eigenvalue weighted by Gasteiger charge is 2.35. The molecule has 3 heteroatoms. The summed E-state index contributed by atoms with van der Waals surface area (Å²) in [6.45, 7) is 12.1. The van der Waals surface area contributed by atoms with Crippen molar-refractivity contribution in [1.29, 1.82) is 0 Å². The minimum absolute atomic E-state index is 0.135. The van der Waals surface area contributed by atoms with E-state index in [0.717, 1.165) is 38.3 Å². The van der Waals surface area contributed by atoms with Gasteiger partial charge in [-0.25, -0.2) is 0 Å². The molecule has 3 nitrogen and oxygen atoms in total. The van der Waals surface area contributed by atoms with Gasteiger partial charge >= 0.3 is 0 Å². The van der Waals surface area contributed by atoms with Crippen LogP contribution in [0.25, 0.3) is 0 Å². The molecular weight excluding hydrogens is 262 g/mol. The molecule has 0 spiro atoms. The van der Waals surface area contributed by atoms with Crippen LogP contribution in [0.4, 0.5) is 0 Å². The molecule has 1 N–H and O–H groups in total. The Morgan fingerprint density at radius 3 is 2.29 bits per heavy atom. The lowest BCUT2D eigenvalue weighted by atomic mass is 9.73. The minimum Gasteiger partial charge on any atom is -0.494 e. The standard InChI is InChI=1S/C18H29NO2/c1-5-21-16-8-6-15(7-9-16)18(10-12-20-13-11-18)14-19-17(2,3)4/h6-9,19H,5,10-14H2,1-4H3. The Morgan fingerprint density at radius 1 is 1.14 bits per heavy atom. The van der Waals surface area contributed by atoms with Crippen LogP contribution >= 0.6 is 0 Å². The van der Waals surface area contributed by atoms with Gasteiger partial charge in [-0.15, -0.1) is 0 Å². The van der Waals surface area contributed by atoms with E-state index in [9.17, 15) is 0 Å². The number of ether oxygens (including phenoxy) is 2. The van der Waals surface area contributed by atoms with Crippen molar-refractivity contribution in [3.8, 4) is 5.75 Å². The first-order chi connectivity index (χ1) is 9.95. The first-order valence-electron chi connectivity index (χ1n) is 8.01. The van der Waals surface area contributed by atoms with E-state index in [0.29, 0.717) is 6.61 Å². The zero-order valence-corrected chi connectivity index (χ0v) is 13.9. The fraction of sp³-hybridized carbons (Fsp3) is 0.667. The number of nitrogens with one attached hydrogen (secondary N) is 1. The number of hydrogen-bond donors (Lipinski definition) is 1. The summed E-state index contributed by atoms with van der Waals surface area (Å²) in [7, 11) is 0. The fourth-order valence-corrected chi connectivity index (χ4v) is 2.84. The minimum atomic E-state index is 0.135. The largest absolute Gasteiger partial charge is 0.494 e. The van der Waals surface area contributed by atoms with Crippen LogP contribution < -0.4 is 10.1 Å². The number of rotatable bonds is 5. The molecule has 0 saturated carbocycles. The SMILES string of the molecule is CCOc1ccc(C2(CNC(C)(C)C)CCOCC2)cc1. The molecule has 1 fully saturated rings. The van der Waals surface area contributed by atoms with Crippen molar-refractivity contribution in [1.82, 2.24) is 5.32 Å². The van der Waals surface area contributed by atoms with Crippen LogP contribution in [0.15, 0.2) is 24.3 Å². The maximum atomic E-state index is 5.59. The van der Waals surface area contributed by atoms with E-state index in [1.807, 2.05) is 6.92 Å². The molecule has 0 unspecified atom stereocenters. The van der Waals surface area contributed by atoms with Gasteiger partial charge in [0, 0.05) is 30.7 Å². The first-order valence-corrected chi connectivity index (χ1v) is 8.01. The molecule has 1 heterocycles. The van der Waals surface area contributed by atoms with Crippen molar-refractivity contribution < 1.29 is 9.47 Å². The van der Waals surface area contributed by atoms with E-state index < -0.39 is 0 Å². The summed E-state index contributed by atoms with van der Waals surface area (Å²) in [5.41, 5.74) is 1.71. The molecule has 2 rings (SSSR count). The fourth-order valence-electron chi connectivity index (χ4n) is 2.84. The predicted molar refractivity (Wildman–Crippen MR) is 87.1 cm³/mol. The van der Waals surface area contributed by atoms with Crippen molar-refractivity contribution in [3.05, 3.63) is 29.8 Å². The van der Waals surface area contributed by atoms with Crippen molar-refractivity contribution in [2.24, 2.45) is 0 Å². The smallest absolute Gasteiger partial charge is 0.119 e. The molecular formula is C18H29NO2. The summed E-state index contributed by atoms with van der Waals surface area (Å²) in [5.74, 6) is 0.951. The highest BCUT2D eigenvalue weighted by molar-refractivity contribution is 5.33. The average molecular weight is 291 g/mol. The van der Waals surface area contributed by atoms with Crippen LogP contribution in [0, 0.1) is 0 Å². The van der Waals surface area contributed by atoms with Crippen molar-refractivity contribution >= 4 is 0 Å². The molecule has 0 aliphatic carbocycles. The molecule has 0 atom stereocenters. The second-order valence-electron chi connectivity index (χ2n) is 6.95. The van der Waals surface area contributed by atoms with Gasteiger partial charge in [0.15, 0.2) is 0 Å². The monoisotopic (exact) mass is 291 g/mol. The second kappa shape index (κ2) is 6.80. The van der Waals surface area contributed by atoms with Gasteiger partial charge in [0.1, 0.15) is 5.75 Å². The Labute approximate surface area is 129 Å². The average Bonchev–Trinajstić information content (AvgIpc) is 2.47. The third kappa shape index (κ3) is 4.45. The highest BCUT2D eigenvalue weighted by Crippen LogP contribution is 2.35. The lowest BCUT2D eigenvalue weighted by Crippen LogP contribution is -2.48. The number of hydrogen-bond acceptors (Lipinski definition) is 3. The van der Waals surface area contributed by atoms with Gasteiger partial charge in [-0.1, -0.05) is 12.1 Å². The Bertz CT molecular complexity index is 428. The van der Waals surface area contributed by atoms with Crippen LogP contribution in [0.5, 0.6) is 5.75 Å². The van der Waals surface area contributed by atoms with Crippen LogP contribution in [0.2, 0.25) is 0 Å². The maximum absolute atomic E-state index is 5.59. The maximum Gasteiger partial charge on any atom is 0.119 e. The van der Waals surface area contributed by atoms with Gasteiger partial charge in [0.2, 0.25) is 0 Å². The highest BCUT2D eigenvalue weighted by atomic mass is 16.5. The Hall–Kier alpha value is -1.06. The summed E-state index contributed by atoms with van der Waals surface area (Å²) >= 11 is 0. The number of benzene rings is 1. The molecule has 1 aliphatic rings. The van der Waals surface area contributed by atoms with Crippen molar-refractivity contribution in [2.75, 3.05) is 26.4 Å². The van der Waals surface area contributed by atoms with E-state index in [1.165, 1.54) is 5.56 Å². The van der Waals surface area contributed by atoms with Crippen molar-refractivity contribution in [2.45, 2.75) is 51.5 Å². The van der Waals surface area contributed by atoms with Crippen molar-refractivity contribution in [3.63, 3.8) is 0 Å². The van der Waals surface area contributed by atoms with Gasteiger partial charge in [-0.3, -0.25) is 0 Å². The van der Waals surface area contributed by atoms with Crippen LogP contribution in [-0.4, -0.2) is 31.9 Å². The first kappa shape index (κ1) is 16.3. The van der Waals surface area contributed by atoms with E-state index in [-0.39, 0.29) is 11.0 Å². The lowest BCUT2D eigenvalue weighted by molar-refractivity contribution is 0.0476. The van der Waals surface area contributed by atoms with Crippen LogP contribution in [0.1, 0.15) is 46.1 Å². The Morgan fingerprint density at radius 2 is 1.76 bits per heavy atom. The van der Waals surface area contributed by atoms with Crippen LogP contribution in [-0.2, 0) is 10.2 Å².